The molecule has 0 saturated heterocycles. The largest absolute Gasteiger partial charge is 0.397 e. The number of amides is 1. The Bertz CT molecular complexity index is 949. The van der Waals surface area contributed by atoms with Crippen molar-refractivity contribution < 1.29 is 4.79 Å². The Morgan fingerprint density at radius 3 is 2.67 bits per heavy atom. The number of nitrogens with one attached hydrogen (secondary N) is 1. The van der Waals surface area contributed by atoms with Crippen LogP contribution in [0.5, 0.6) is 0 Å². The number of aryl methyl sites for hydroxylation is 2. The molecule has 0 saturated carbocycles. The third kappa shape index (κ3) is 2.85. The topological polar surface area (TPSA) is 68.0 Å². The van der Waals surface area contributed by atoms with Crippen LogP contribution in [-0.2, 0) is 6.54 Å². The van der Waals surface area contributed by atoms with E-state index in [0.717, 1.165) is 32.6 Å². The van der Waals surface area contributed by atoms with Gasteiger partial charge in [0.2, 0.25) is 0 Å². The highest BCUT2D eigenvalue weighted by Crippen LogP contribution is 2.36. The van der Waals surface area contributed by atoms with E-state index in [-0.39, 0.29) is 5.91 Å². The molecule has 0 bridgehead atoms. The molecule has 0 atom stereocenters. The first-order valence-electron chi connectivity index (χ1n) is 7.57. The highest BCUT2D eigenvalue weighted by Gasteiger charge is 2.20. The SMILES string of the molecule is Cc1nc2sc(C(=O)NCc3ccccc3Cl)c(N)c2c(C)c1C. The van der Waals surface area contributed by atoms with E-state index in [2.05, 4.69) is 10.3 Å². The lowest BCUT2D eigenvalue weighted by molar-refractivity contribution is 0.0956. The summed E-state index contributed by atoms with van der Waals surface area (Å²) < 4.78 is 0. The lowest BCUT2D eigenvalue weighted by Gasteiger charge is -2.07. The number of thiophene rings is 1. The monoisotopic (exact) mass is 359 g/mol. The van der Waals surface area contributed by atoms with Crippen LogP contribution in [0, 0.1) is 20.8 Å². The van der Waals surface area contributed by atoms with Gasteiger partial charge in [0.25, 0.3) is 5.91 Å². The van der Waals surface area contributed by atoms with Gasteiger partial charge in [-0.05, 0) is 43.5 Å². The Morgan fingerprint density at radius 2 is 1.96 bits per heavy atom. The lowest BCUT2D eigenvalue weighted by atomic mass is 10.1. The van der Waals surface area contributed by atoms with Gasteiger partial charge in [-0.3, -0.25) is 4.79 Å². The summed E-state index contributed by atoms with van der Waals surface area (Å²) in [6, 6.07) is 7.43. The zero-order valence-corrected chi connectivity index (χ0v) is 15.3. The van der Waals surface area contributed by atoms with Gasteiger partial charge in [0.05, 0.1) is 5.69 Å². The summed E-state index contributed by atoms with van der Waals surface area (Å²) in [5, 5.41) is 4.40. The first-order chi connectivity index (χ1) is 11.4. The summed E-state index contributed by atoms with van der Waals surface area (Å²) in [5.74, 6) is -0.204. The van der Waals surface area contributed by atoms with Crippen molar-refractivity contribution in [1.82, 2.24) is 10.3 Å². The fraction of sp³-hybridized carbons (Fsp3) is 0.222. The van der Waals surface area contributed by atoms with Crippen LogP contribution in [-0.4, -0.2) is 10.9 Å². The zero-order chi connectivity index (χ0) is 17.4. The van der Waals surface area contributed by atoms with E-state index in [1.54, 1.807) is 6.07 Å². The molecule has 0 radical (unpaired) electrons. The van der Waals surface area contributed by atoms with E-state index >= 15 is 0 Å². The number of benzene rings is 1. The Hall–Kier alpha value is -2.11. The molecule has 3 aromatic rings. The summed E-state index contributed by atoms with van der Waals surface area (Å²) in [5.41, 5.74) is 10.8. The van der Waals surface area contributed by atoms with Gasteiger partial charge in [0.15, 0.2) is 0 Å². The smallest absolute Gasteiger partial charge is 0.263 e. The number of pyridine rings is 1. The molecule has 24 heavy (non-hydrogen) atoms. The van der Waals surface area contributed by atoms with Gasteiger partial charge < -0.3 is 11.1 Å². The molecule has 2 heterocycles. The van der Waals surface area contributed by atoms with E-state index < -0.39 is 0 Å². The number of aromatic nitrogens is 1. The summed E-state index contributed by atoms with van der Waals surface area (Å²) in [4.78, 5) is 18.4. The van der Waals surface area contributed by atoms with E-state index in [4.69, 9.17) is 17.3 Å². The van der Waals surface area contributed by atoms with Crippen LogP contribution in [0.3, 0.4) is 0 Å². The molecule has 6 heteroatoms. The van der Waals surface area contributed by atoms with Crippen LogP contribution < -0.4 is 11.1 Å². The van der Waals surface area contributed by atoms with Gasteiger partial charge in [-0.25, -0.2) is 4.98 Å². The van der Waals surface area contributed by atoms with Gasteiger partial charge >= 0.3 is 0 Å². The van der Waals surface area contributed by atoms with Crippen molar-refractivity contribution >= 4 is 44.7 Å². The van der Waals surface area contributed by atoms with Crippen molar-refractivity contribution in [2.24, 2.45) is 0 Å². The summed E-state index contributed by atoms with van der Waals surface area (Å²) >= 11 is 7.45. The van der Waals surface area contributed by atoms with Crippen LogP contribution in [0.25, 0.3) is 10.2 Å². The second-order valence-corrected chi connectivity index (χ2v) is 7.15. The van der Waals surface area contributed by atoms with E-state index in [1.165, 1.54) is 11.3 Å². The first-order valence-corrected chi connectivity index (χ1v) is 8.77. The van der Waals surface area contributed by atoms with E-state index in [0.29, 0.717) is 22.1 Å². The number of carbonyl (C=O) groups excluding carboxylic acids is 1. The summed E-state index contributed by atoms with van der Waals surface area (Å²) in [7, 11) is 0. The van der Waals surface area contributed by atoms with Crippen molar-refractivity contribution in [1.29, 1.82) is 0 Å². The van der Waals surface area contributed by atoms with Crippen molar-refractivity contribution in [3.8, 4) is 0 Å². The molecule has 0 fully saturated rings. The molecule has 1 amide bonds. The average Bonchev–Trinajstić information content (AvgIpc) is 2.88. The van der Waals surface area contributed by atoms with Crippen molar-refractivity contribution in [3.05, 3.63) is 56.5 Å². The predicted octanol–water partition coefficient (Wildman–Crippen LogP) is 4.39. The standard InChI is InChI=1S/C18H18ClN3OS/c1-9-10(2)14-15(20)16(24-18(14)22-11(9)3)17(23)21-8-12-6-4-5-7-13(12)19/h4-7H,8,20H2,1-3H3,(H,21,23). The number of rotatable bonds is 3. The van der Waals surface area contributed by atoms with Gasteiger partial charge in [-0.15, -0.1) is 11.3 Å². The number of nitrogens with zero attached hydrogens (tertiary/aromatic N) is 1. The fourth-order valence-electron chi connectivity index (χ4n) is 2.63. The van der Waals surface area contributed by atoms with Crippen LogP contribution in [0.2, 0.25) is 5.02 Å². The third-order valence-electron chi connectivity index (χ3n) is 4.28. The second-order valence-electron chi connectivity index (χ2n) is 5.75. The summed E-state index contributed by atoms with van der Waals surface area (Å²) in [6.45, 7) is 6.36. The van der Waals surface area contributed by atoms with E-state index in [9.17, 15) is 4.79 Å². The van der Waals surface area contributed by atoms with Crippen LogP contribution in [0.4, 0.5) is 5.69 Å². The Labute approximate surface area is 149 Å². The maximum Gasteiger partial charge on any atom is 0.263 e. The van der Waals surface area contributed by atoms with Crippen molar-refractivity contribution in [3.63, 3.8) is 0 Å². The molecule has 124 valence electrons. The average molecular weight is 360 g/mol. The third-order valence-corrected chi connectivity index (χ3v) is 5.75. The normalized spacial score (nSPS) is 11.0. The molecular formula is C18H18ClN3OS. The Kier molecular flexibility index (Phi) is 4.47. The minimum absolute atomic E-state index is 0.204. The van der Waals surface area contributed by atoms with Crippen LogP contribution in [0.15, 0.2) is 24.3 Å². The quantitative estimate of drug-likeness (QED) is 0.728. The van der Waals surface area contributed by atoms with Crippen LogP contribution >= 0.6 is 22.9 Å². The first kappa shape index (κ1) is 16.7. The van der Waals surface area contributed by atoms with Gasteiger partial charge in [0.1, 0.15) is 9.71 Å². The number of nitrogen functional groups attached to an aromatic ring is 1. The fourth-order valence-corrected chi connectivity index (χ4v) is 3.95. The molecule has 0 aliphatic heterocycles. The van der Waals surface area contributed by atoms with E-state index in [1.807, 2.05) is 39.0 Å². The van der Waals surface area contributed by atoms with Gasteiger partial charge in [-0.2, -0.15) is 0 Å². The minimum atomic E-state index is -0.204. The van der Waals surface area contributed by atoms with Gasteiger partial charge in [0, 0.05) is 22.6 Å². The molecule has 1 aromatic carbocycles. The highest BCUT2D eigenvalue weighted by molar-refractivity contribution is 7.21. The molecule has 0 unspecified atom stereocenters. The van der Waals surface area contributed by atoms with Crippen molar-refractivity contribution in [2.45, 2.75) is 27.3 Å². The summed E-state index contributed by atoms with van der Waals surface area (Å²) in [6.07, 6.45) is 0. The molecule has 4 nitrogen and oxygen atoms in total. The Balaban J connectivity index is 1.92. The van der Waals surface area contributed by atoms with Gasteiger partial charge in [-0.1, -0.05) is 29.8 Å². The molecule has 0 spiro atoms. The number of nitrogens with two attached hydrogens (primary N) is 1. The number of halogens is 1. The molecule has 3 N–H and O–H groups in total. The number of anilines is 1. The maximum absolute atomic E-state index is 12.5. The molecular weight excluding hydrogens is 342 g/mol. The molecule has 0 aliphatic rings. The Morgan fingerprint density at radius 1 is 1.25 bits per heavy atom. The maximum atomic E-state index is 12.5. The van der Waals surface area contributed by atoms with Crippen LogP contribution in [0.1, 0.15) is 32.1 Å². The lowest BCUT2D eigenvalue weighted by Crippen LogP contribution is -2.22. The van der Waals surface area contributed by atoms with Crippen molar-refractivity contribution in [2.75, 3.05) is 5.73 Å². The molecule has 3 rings (SSSR count). The molecule has 2 aromatic heterocycles. The number of carbonyl (C=O) groups is 1. The highest BCUT2D eigenvalue weighted by atomic mass is 35.5. The number of hydrogen-bond acceptors (Lipinski definition) is 4. The number of fused-ring (bicyclic) bond motifs is 1. The molecule has 0 aliphatic carbocycles. The zero-order valence-electron chi connectivity index (χ0n) is 13.7. The minimum Gasteiger partial charge on any atom is -0.397 e. The number of hydrogen-bond donors (Lipinski definition) is 2. The second kappa shape index (κ2) is 6.42. The predicted molar refractivity (Wildman–Crippen MR) is 101 cm³/mol.